The number of hydrogen-bond donors (Lipinski definition) is 0. The van der Waals surface area contributed by atoms with Crippen LogP contribution in [0.1, 0.15) is 16.8 Å². The van der Waals surface area contributed by atoms with Crippen molar-refractivity contribution in [1.29, 1.82) is 0 Å². The molecule has 0 radical (unpaired) electrons. The van der Waals surface area contributed by atoms with Crippen LogP contribution in [0.2, 0.25) is 0 Å². The predicted octanol–water partition coefficient (Wildman–Crippen LogP) is 3.40. The highest BCUT2D eigenvalue weighted by Crippen LogP contribution is 2.24. The predicted molar refractivity (Wildman–Crippen MR) is 89.9 cm³/mol. The van der Waals surface area contributed by atoms with Crippen molar-refractivity contribution >= 4 is 17.4 Å². The number of thiazole rings is 1. The Labute approximate surface area is 138 Å². The molecule has 23 heavy (non-hydrogen) atoms. The molecule has 0 saturated carbocycles. The van der Waals surface area contributed by atoms with Crippen molar-refractivity contribution in [2.75, 3.05) is 19.1 Å². The van der Waals surface area contributed by atoms with E-state index in [-0.39, 0.29) is 0 Å². The zero-order chi connectivity index (χ0) is 16.2. The van der Waals surface area contributed by atoms with E-state index in [4.69, 9.17) is 9.26 Å². The van der Waals surface area contributed by atoms with Gasteiger partial charge in [0.1, 0.15) is 5.75 Å². The van der Waals surface area contributed by atoms with E-state index in [1.54, 1.807) is 18.4 Å². The van der Waals surface area contributed by atoms with Gasteiger partial charge in [-0.15, -0.1) is 11.3 Å². The van der Waals surface area contributed by atoms with Crippen molar-refractivity contribution in [1.82, 2.24) is 15.1 Å². The number of benzene rings is 1. The molecule has 6 nitrogen and oxygen atoms in total. The van der Waals surface area contributed by atoms with E-state index >= 15 is 0 Å². The second-order valence-electron chi connectivity index (χ2n) is 5.06. The molecule has 0 saturated heterocycles. The molecule has 0 amide bonds. The first-order chi connectivity index (χ1) is 11.2. The Kier molecular flexibility index (Phi) is 4.57. The van der Waals surface area contributed by atoms with E-state index in [1.807, 2.05) is 42.4 Å². The Morgan fingerprint density at radius 1 is 1.35 bits per heavy atom. The number of aryl methyl sites for hydroxylation is 1. The molecule has 0 spiro atoms. The lowest BCUT2D eigenvalue weighted by atomic mass is 10.2. The molecule has 1 aromatic carbocycles. The second kappa shape index (κ2) is 6.78. The van der Waals surface area contributed by atoms with Gasteiger partial charge in [-0.25, -0.2) is 4.98 Å². The van der Waals surface area contributed by atoms with Gasteiger partial charge in [0.05, 0.1) is 18.7 Å². The molecule has 0 fully saturated rings. The van der Waals surface area contributed by atoms with Crippen molar-refractivity contribution in [3.05, 3.63) is 40.3 Å². The summed E-state index contributed by atoms with van der Waals surface area (Å²) in [6.07, 6.45) is 2.86. The van der Waals surface area contributed by atoms with Gasteiger partial charge in [0.15, 0.2) is 0 Å². The van der Waals surface area contributed by atoms with Gasteiger partial charge in [0, 0.05) is 23.7 Å². The zero-order valence-electron chi connectivity index (χ0n) is 13.3. The molecule has 0 bridgehead atoms. The lowest BCUT2D eigenvalue weighted by Gasteiger charge is -2.11. The monoisotopic (exact) mass is 330 g/mol. The number of nitrogens with zero attached hydrogens (tertiary/aromatic N) is 4. The zero-order valence-corrected chi connectivity index (χ0v) is 14.1. The van der Waals surface area contributed by atoms with Gasteiger partial charge in [-0.2, -0.15) is 4.98 Å². The highest BCUT2D eigenvalue weighted by Gasteiger charge is 2.14. The minimum Gasteiger partial charge on any atom is -0.497 e. The summed E-state index contributed by atoms with van der Waals surface area (Å²) in [5.74, 6) is 1.31. The molecule has 0 aliphatic carbocycles. The van der Waals surface area contributed by atoms with Crippen LogP contribution in [0.4, 0.5) is 6.01 Å². The van der Waals surface area contributed by atoms with E-state index in [0.717, 1.165) is 22.7 Å². The largest absolute Gasteiger partial charge is 0.497 e. The molecular weight excluding hydrogens is 312 g/mol. The SMILES string of the molecule is CCc1ncc(CN(C)c2nc(-c3cccc(OC)c3)no2)s1. The third kappa shape index (κ3) is 3.50. The van der Waals surface area contributed by atoms with Gasteiger partial charge in [-0.1, -0.05) is 24.2 Å². The smallest absolute Gasteiger partial charge is 0.324 e. The third-order valence-corrected chi connectivity index (χ3v) is 4.49. The fourth-order valence-electron chi connectivity index (χ4n) is 2.14. The van der Waals surface area contributed by atoms with Crippen LogP contribution in [0.5, 0.6) is 5.75 Å². The second-order valence-corrected chi connectivity index (χ2v) is 6.26. The summed E-state index contributed by atoms with van der Waals surface area (Å²) < 4.78 is 10.6. The highest BCUT2D eigenvalue weighted by molar-refractivity contribution is 7.11. The van der Waals surface area contributed by atoms with Gasteiger partial charge in [-0.3, -0.25) is 0 Å². The third-order valence-electron chi connectivity index (χ3n) is 3.37. The highest BCUT2D eigenvalue weighted by atomic mass is 32.1. The van der Waals surface area contributed by atoms with Crippen LogP contribution in [-0.4, -0.2) is 29.3 Å². The molecular formula is C16H18N4O2S. The summed E-state index contributed by atoms with van der Waals surface area (Å²) in [4.78, 5) is 11.9. The maximum Gasteiger partial charge on any atom is 0.324 e. The Morgan fingerprint density at radius 2 is 2.22 bits per heavy atom. The Hall–Kier alpha value is -2.41. The van der Waals surface area contributed by atoms with E-state index < -0.39 is 0 Å². The van der Waals surface area contributed by atoms with Crippen molar-refractivity contribution in [3.8, 4) is 17.1 Å². The molecule has 0 aliphatic rings. The molecule has 2 heterocycles. The quantitative estimate of drug-likeness (QED) is 0.690. The summed E-state index contributed by atoms with van der Waals surface area (Å²) in [5.41, 5.74) is 0.860. The van der Waals surface area contributed by atoms with Gasteiger partial charge in [-0.05, 0) is 18.6 Å². The molecule has 0 aliphatic heterocycles. The average molecular weight is 330 g/mol. The van der Waals surface area contributed by atoms with Crippen molar-refractivity contribution in [2.45, 2.75) is 19.9 Å². The number of ether oxygens (including phenoxy) is 1. The number of aromatic nitrogens is 3. The van der Waals surface area contributed by atoms with E-state index in [1.165, 1.54) is 4.88 Å². The first-order valence-electron chi connectivity index (χ1n) is 7.32. The van der Waals surface area contributed by atoms with Crippen LogP contribution in [0.25, 0.3) is 11.4 Å². The van der Waals surface area contributed by atoms with Crippen LogP contribution >= 0.6 is 11.3 Å². The summed E-state index contributed by atoms with van der Waals surface area (Å²) in [7, 11) is 3.56. The van der Waals surface area contributed by atoms with Crippen LogP contribution in [0, 0.1) is 0 Å². The fraction of sp³-hybridized carbons (Fsp3) is 0.312. The van der Waals surface area contributed by atoms with Crippen molar-refractivity contribution < 1.29 is 9.26 Å². The number of anilines is 1. The Balaban J connectivity index is 1.75. The molecule has 0 unspecified atom stereocenters. The molecule has 0 atom stereocenters. The van der Waals surface area contributed by atoms with Gasteiger partial charge in [0.2, 0.25) is 5.82 Å². The molecule has 3 rings (SSSR count). The Morgan fingerprint density at radius 3 is 2.96 bits per heavy atom. The maximum absolute atomic E-state index is 5.37. The standard InChI is InChI=1S/C16H18N4O2S/c1-4-14-17-9-13(23-14)10-20(2)16-18-15(19-22-16)11-6-5-7-12(8-11)21-3/h5-9H,4,10H2,1-3H3. The number of hydrogen-bond acceptors (Lipinski definition) is 7. The normalized spacial score (nSPS) is 10.7. The summed E-state index contributed by atoms with van der Waals surface area (Å²) in [6.45, 7) is 2.79. The molecule has 3 aromatic rings. The van der Waals surface area contributed by atoms with Gasteiger partial charge < -0.3 is 14.2 Å². The van der Waals surface area contributed by atoms with Crippen molar-refractivity contribution in [3.63, 3.8) is 0 Å². The Bertz CT molecular complexity index is 784. The summed E-state index contributed by atoms with van der Waals surface area (Å²) >= 11 is 1.70. The van der Waals surface area contributed by atoms with E-state index in [2.05, 4.69) is 22.0 Å². The topological polar surface area (TPSA) is 64.3 Å². The average Bonchev–Trinajstić information content (AvgIpc) is 3.24. The summed E-state index contributed by atoms with van der Waals surface area (Å²) in [6, 6.07) is 8.07. The lowest BCUT2D eigenvalue weighted by molar-refractivity contribution is 0.414. The summed E-state index contributed by atoms with van der Waals surface area (Å²) in [5, 5.41) is 5.19. The number of rotatable bonds is 6. The fourth-order valence-corrected chi connectivity index (χ4v) is 3.05. The first-order valence-corrected chi connectivity index (χ1v) is 8.14. The van der Waals surface area contributed by atoms with Crippen LogP contribution in [0.15, 0.2) is 35.0 Å². The van der Waals surface area contributed by atoms with Crippen LogP contribution in [-0.2, 0) is 13.0 Å². The van der Waals surface area contributed by atoms with Gasteiger partial charge in [0.25, 0.3) is 0 Å². The van der Waals surface area contributed by atoms with E-state index in [9.17, 15) is 0 Å². The minimum absolute atomic E-state index is 0.481. The maximum atomic E-state index is 5.37. The van der Waals surface area contributed by atoms with Crippen LogP contribution < -0.4 is 9.64 Å². The molecule has 0 N–H and O–H groups in total. The molecule has 7 heteroatoms. The number of methoxy groups -OCH3 is 1. The first kappa shape index (κ1) is 15.5. The molecule has 120 valence electrons. The minimum atomic E-state index is 0.481. The lowest BCUT2D eigenvalue weighted by Crippen LogP contribution is -2.15. The van der Waals surface area contributed by atoms with Gasteiger partial charge >= 0.3 is 6.01 Å². The van der Waals surface area contributed by atoms with Crippen LogP contribution in [0.3, 0.4) is 0 Å². The van der Waals surface area contributed by atoms with E-state index in [0.29, 0.717) is 18.4 Å². The van der Waals surface area contributed by atoms with Crippen molar-refractivity contribution in [2.24, 2.45) is 0 Å². The molecule has 2 aromatic heterocycles.